The van der Waals surface area contributed by atoms with Crippen molar-refractivity contribution < 1.29 is 9.53 Å². The summed E-state index contributed by atoms with van der Waals surface area (Å²) in [5.74, 6) is 1.30. The molecule has 0 N–H and O–H groups in total. The Morgan fingerprint density at radius 1 is 1.31 bits per heavy atom. The molecule has 0 heterocycles. The average molecular weight is 285 g/mol. The Morgan fingerprint density at radius 3 is 2.38 bits per heavy atom. The largest absolute Gasteiger partial charge is 0.497 e. The highest BCUT2D eigenvalue weighted by molar-refractivity contribution is 9.10. The van der Waals surface area contributed by atoms with Crippen LogP contribution in [-0.4, -0.2) is 12.9 Å². The fourth-order valence-corrected chi connectivity index (χ4v) is 1.92. The van der Waals surface area contributed by atoms with Gasteiger partial charge in [0.25, 0.3) is 0 Å². The Labute approximate surface area is 105 Å². The molecule has 16 heavy (non-hydrogen) atoms. The number of rotatable bonds is 4. The van der Waals surface area contributed by atoms with Crippen molar-refractivity contribution in [1.82, 2.24) is 0 Å². The van der Waals surface area contributed by atoms with E-state index in [2.05, 4.69) is 29.8 Å². The lowest BCUT2D eigenvalue weighted by atomic mass is 9.90. The lowest BCUT2D eigenvalue weighted by Gasteiger charge is -2.15. The van der Waals surface area contributed by atoms with Crippen molar-refractivity contribution in [3.63, 3.8) is 0 Å². The van der Waals surface area contributed by atoms with Crippen LogP contribution in [0.25, 0.3) is 0 Å². The first-order chi connectivity index (χ1) is 7.47. The molecular weight excluding hydrogens is 268 g/mol. The molecular formula is C13H17BrO2. The smallest absolute Gasteiger partial charge is 0.167 e. The standard InChI is InChI=1S/C13H17BrO2/c1-8(2)9(3)13(15)11-6-5-10(16-4)7-12(11)14/h5-9H,1-4H3. The van der Waals surface area contributed by atoms with E-state index in [1.807, 2.05) is 25.1 Å². The number of Topliss-reactive ketones (excluding diaryl/α,β-unsaturated/α-hetero) is 1. The molecule has 1 aromatic rings. The monoisotopic (exact) mass is 284 g/mol. The summed E-state index contributed by atoms with van der Waals surface area (Å²) in [6.07, 6.45) is 0. The summed E-state index contributed by atoms with van der Waals surface area (Å²) in [6.45, 7) is 6.07. The van der Waals surface area contributed by atoms with E-state index in [1.54, 1.807) is 7.11 Å². The third-order valence-electron chi connectivity index (χ3n) is 2.86. The number of hydrogen-bond acceptors (Lipinski definition) is 2. The molecule has 0 aromatic heterocycles. The normalized spacial score (nSPS) is 12.6. The van der Waals surface area contributed by atoms with Gasteiger partial charge in [-0.3, -0.25) is 4.79 Å². The van der Waals surface area contributed by atoms with Crippen LogP contribution in [0.1, 0.15) is 31.1 Å². The Bertz CT molecular complexity index is 386. The summed E-state index contributed by atoms with van der Waals surface area (Å²) in [5, 5.41) is 0. The minimum Gasteiger partial charge on any atom is -0.497 e. The second-order valence-electron chi connectivity index (χ2n) is 4.24. The molecule has 3 heteroatoms. The van der Waals surface area contributed by atoms with E-state index in [0.717, 1.165) is 15.8 Å². The van der Waals surface area contributed by atoms with Crippen LogP contribution in [0.2, 0.25) is 0 Å². The van der Waals surface area contributed by atoms with Gasteiger partial charge in [0.2, 0.25) is 0 Å². The minimum atomic E-state index is 0.0321. The Hall–Kier alpha value is -0.830. The molecule has 1 rings (SSSR count). The van der Waals surface area contributed by atoms with Crippen molar-refractivity contribution in [3.8, 4) is 5.75 Å². The van der Waals surface area contributed by atoms with E-state index in [-0.39, 0.29) is 11.7 Å². The molecule has 1 aromatic carbocycles. The van der Waals surface area contributed by atoms with Crippen LogP contribution in [-0.2, 0) is 0 Å². The first kappa shape index (κ1) is 13.2. The molecule has 0 amide bonds. The lowest BCUT2D eigenvalue weighted by Crippen LogP contribution is -2.17. The predicted molar refractivity (Wildman–Crippen MR) is 69.0 cm³/mol. The molecule has 0 saturated carbocycles. The first-order valence-electron chi connectivity index (χ1n) is 5.35. The van der Waals surface area contributed by atoms with Gasteiger partial charge in [0.1, 0.15) is 5.75 Å². The zero-order chi connectivity index (χ0) is 12.3. The zero-order valence-electron chi connectivity index (χ0n) is 10.1. The third-order valence-corrected chi connectivity index (χ3v) is 3.51. The Morgan fingerprint density at radius 2 is 1.94 bits per heavy atom. The average Bonchev–Trinajstić information content (AvgIpc) is 2.26. The molecule has 0 aliphatic heterocycles. The summed E-state index contributed by atoms with van der Waals surface area (Å²) in [5.41, 5.74) is 0.724. The number of carbonyl (C=O) groups is 1. The zero-order valence-corrected chi connectivity index (χ0v) is 11.7. The van der Waals surface area contributed by atoms with Gasteiger partial charge in [-0.25, -0.2) is 0 Å². The van der Waals surface area contributed by atoms with Gasteiger partial charge in [-0.15, -0.1) is 0 Å². The molecule has 0 saturated heterocycles. The first-order valence-corrected chi connectivity index (χ1v) is 6.14. The molecule has 0 bridgehead atoms. The van der Waals surface area contributed by atoms with Gasteiger partial charge in [0, 0.05) is 16.0 Å². The molecule has 0 aliphatic rings. The van der Waals surface area contributed by atoms with E-state index >= 15 is 0 Å². The fraction of sp³-hybridized carbons (Fsp3) is 0.462. The number of ether oxygens (including phenoxy) is 1. The molecule has 1 atom stereocenters. The van der Waals surface area contributed by atoms with Gasteiger partial charge in [0.15, 0.2) is 5.78 Å². The SMILES string of the molecule is COc1ccc(C(=O)C(C)C(C)C)c(Br)c1. The lowest BCUT2D eigenvalue weighted by molar-refractivity contribution is 0.0899. The highest BCUT2D eigenvalue weighted by Gasteiger charge is 2.20. The highest BCUT2D eigenvalue weighted by Crippen LogP contribution is 2.26. The highest BCUT2D eigenvalue weighted by atomic mass is 79.9. The van der Waals surface area contributed by atoms with Crippen LogP contribution in [0.5, 0.6) is 5.75 Å². The predicted octanol–water partition coefficient (Wildman–Crippen LogP) is 3.93. The topological polar surface area (TPSA) is 26.3 Å². The third kappa shape index (κ3) is 2.85. The molecule has 2 nitrogen and oxygen atoms in total. The number of halogens is 1. The summed E-state index contributed by atoms with van der Waals surface area (Å²) in [4.78, 5) is 12.1. The molecule has 0 fully saturated rings. The quantitative estimate of drug-likeness (QED) is 0.783. The maximum Gasteiger partial charge on any atom is 0.167 e. The molecule has 0 spiro atoms. The van der Waals surface area contributed by atoms with Gasteiger partial charge in [0.05, 0.1) is 7.11 Å². The van der Waals surface area contributed by atoms with E-state index in [0.29, 0.717) is 5.92 Å². The fourth-order valence-electron chi connectivity index (χ4n) is 1.37. The van der Waals surface area contributed by atoms with Crippen molar-refractivity contribution >= 4 is 21.7 Å². The van der Waals surface area contributed by atoms with Gasteiger partial charge in [-0.2, -0.15) is 0 Å². The number of benzene rings is 1. The summed E-state index contributed by atoms with van der Waals surface area (Å²) in [7, 11) is 1.61. The second-order valence-corrected chi connectivity index (χ2v) is 5.10. The van der Waals surface area contributed by atoms with Crippen LogP contribution in [0.4, 0.5) is 0 Å². The van der Waals surface area contributed by atoms with Crippen molar-refractivity contribution in [3.05, 3.63) is 28.2 Å². The molecule has 0 radical (unpaired) electrons. The van der Waals surface area contributed by atoms with Crippen molar-refractivity contribution in [1.29, 1.82) is 0 Å². The van der Waals surface area contributed by atoms with Gasteiger partial charge in [-0.1, -0.05) is 20.8 Å². The molecule has 1 unspecified atom stereocenters. The van der Waals surface area contributed by atoms with Crippen LogP contribution in [0, 0.1) is 11.8 Å². The van der Waals surface area contributed by atoms with Crippen LogP contribution in [0.15, 0.2) is 22.7 Å². The van der Waals surface area contributed by atoms with E-state index in [9.17, 15) is 4.79 Å². The maximum atomic E-state index is 12.1. The van der Waals surface area contributed by atoms with Gasteiger partial charge < -0.3 is 4.74 Å². The molecule has 0 aliphatic carbocycles. The summed E-state index contributed by atoms with van der Waals surface area (Å²) in [6, 6.07) is 5.44. The van der Waals surface area contributed by atoms with Crippen LogP contribution >= 0.6 is 15.9 Å². The van der Waals surface area contributed by atoms with E-state index < -0.39 is 0 Å². The minimum absolute atomic E-state index is 0.0321. The number of hydrogen-bond donors (Lipinski definition) is 0. The second kappa shape index (κ2) is 5.48. The van der Waals surface area contributed by atoms with Crippen molar-refractivity contribution in [2.24, 2.45) is 11.8 Å². The van der Waals surface area contributed by atoms with Gasteiger partial charge >= 0.3 is 0 Å². The Balaban J connectivity index is 3.01. The number of carbonyl (C=O) groups excluding carboxylic acids is 1. The van der Waals surface area contributed by atoms with Crippen LogP contribution < -0.4 is 4.74 Å². The van der Waals surface area contributed by atoms with Crippen LogP contribution in [0.3, 0.4) is 0 Å². The summed E-state index contributed by atoms with van der Waals surface area (Å²) >= 11 is 3.41. The maximum absolute atomic E-state index is 12.1. The van der Waals surface area contributed by atoms with E-state index in [1.165, 1.54) is 0 Å². The summed E-state index contributed by atoms with van der Waals surface area (Å²) < 4.78 is 5.89. The number of methoxy groups -OCH3 is 1. The van der Waals surface area contributed by atoms with Gasteiger partial charge in [-0.05, 0) is 40.0 Å². The Kier molecular flexibility index (Phi) is 4.54. The number of ketones is 1. The van der Waals surface area contributed by atoms with Crippen molar-refractivity contribution in [2.45, 2.75) is 20.8 Å². The van der Waals surface area contributed by atoms with E-state index in [4.69, 9.17) is 4.74 Å². The molecule has 88 valence electrons. The van der Waals surface area contributed by atoms with Crippen molar-refractivity contribution in [2.75, 3.05) is 7.11 Å².